The number of aryl methyl sites for hydroxylation is 1. The normalized spacial score (nSPS) is 11.9. The van der Waals surface area contributed by atoms with E-state index in [-0.39, 0.29) is 5.75 Å². The van der Waals surface area contributed by atoms with Crippen LogP contribution in [-0.4, -0.2) is 30.0 Å². The fourth-order valence-corrected chi connectivity index (χ4v) is 2.05. The second kappa shape index (κ2) is 4.79. The van der Waals surface area contributed by atoms with Gasteiger partial charge in [-0.1, -0.05) is 0 Å². The summed E-state index contributed by atoms with van der Waals surface area (Å²) < 4.78 is 23.6. The van der Waals surface area contributed by atoms with E-state index >= 15 is 0 Å². The fraction of sp³-hybridized carbons (Fsp3) is 0.625. The minimum Gasteiger partial charge on any atom is -0.334 e. The van der Waals surface area contributed by atoms with Crippen LogP contribution in [-0.2, 0) is 22.3 Å². The molecule has 0 atom stereocenters. The monoisotopic (exact) mass is 236 g/mol. The molecular formula is C8H13ClN2O2S. The summed E-state index contributed by atoms with van der Waals surface area (Å²) in [5, 5.41) is 0. The van der Waals surface area contributed by atoms with Crippen molar-refractivity contribution in [2.24, 2.45) is 0 Å². The quantitative estimate of drug-likeness (QED) is 0.719. The van der Waals surface area contributed by atoms with E-state index in [1.54, 1.807) is 12.4 Å². The van der Waals surface area contributed by atoms with Gasteiger partial charge >= 0.3 is 0 Å². The van der Waals surface area contributed by atoms with Gasteiger partial charge in [-0.15, -0.1) is 11.6 Å². The van der Waals surface area contributed by atoms with Crippen LogP contribution in [0.15, 0.2) is 12.4 Å². The largest absolute Gasteiger partial charge is 0.334 e. The van der Waals surface area contributed by atoms with Crippen LogP contribution in [0, 0.1) is 0 Å². The number of halogens is 1. The molecule has 0 spiro atoms. The Labute approximate surface area is 88.8 Å². The van der Waals surface area contributed by atoms with Crippen LogP contribution in [0.3, 0.4) is 0 Å². The Kier molecular flexibility index (Phi) is 3.95. The predicted octanol–water partition coefficient (Wildman–Crippen LogP) is 1.06. The van der Waals surface area contributed by atoms with Crippen LogP contribution in [0.4, 0.5) is 0 Å². The van der Waals surface area contributed by atoms with E-state index in [9.17, 15) is 8.42 Å². The number of alkyl halides is 1. The summed E-state index contributed by atoms with van der Waals surface area (Å²) in [5.41, 5.74) is 0. The third-order valence-electron chi connectivity index (χ3n) is 1.84. The average Bonchev–Trinajstić information content (AvgIpc) is 2.49. The highest BCUT2D eigenvalue weighted by atomic mass is 35.5. The molecular weight excluding hydrogens is 224 g/mol. The van der Waals surface area contributed by atoms with Crippen molar-refractivity contribution in [2.45, 2.75) is 18.8 Å². The SMILES string of the molecule is CS(=O)(=O)CCCn1ccnc1CCl. The topological polar surface area (TPSA) is 52.0 Å². The van der Waals surface area contributed by atoms with E-state index in [1.807, 2.05) is 4.57 Å². The number of rotatable bonds is 5. The zero-order valence-corrected chi connectivity index (χ0v) is 9.55. The lowest BCUT2D eigenvalue weighted by atomic mass is 10.4. The van der Waals surface area contributed by atoms with Crippen LogP contribution >= 0.6 is 11.6 Å². The summed E-state index contributed by atoms with van der Waals surface area (Å²) in [4.78, 5) is 4.03. The van der Waals surface area contributed by atoms with Crippen LogP contribution in [0.1, 0.15) is 12.2 Å². The van der Waals surface area contributed by atoms with Gasteiger partial charge in [0.1, 0.15) is 15.7 Å². The molecule has 1 rings (SSSR count). The van der Waals surface area contributed by atoms with Gasteiger partial charge in [-0.05, 0) is 6.42 Å². The molecule has 0 aliphatic rings. The maximum Gasteiger partial charge on any atom is 0.147 e. The zero-order chi connectivity index (χ0) is 10.6. The van der Waals surface area contributed by atoms with Gasteiger partial charge < -0.3 is 4.57 Å². The van der Waals surface area contributed by atoms with Gasteiger partial charge in [-0.3, -0.25) is 0 Å². The third kappa shape index (κ3) is 3.67. The van der Waals surface area contributed by atoms with E-state index in [0.29, 0.717) is 18.8 Å². The molecule has 0 aliphatic heterocycles. The molecule has 0 N–H and O–H groups in total. The molecule has 0 saturated heterocycles. The Bertz CT molecular complexity index is 386. The van der Waals surface area contributed by atoms with Crippen molar-refractivity contribution in [1.82, 2.24) is 9.55 Å². The molecule has 14 heavy (non-hydrogen) atoms. The molecule has 1 aromatic rings. The van der Waals surface area contributed by atoms with Crippen molar-refractivity contribution >= 4 is 21.4 Å². The van der Waals surface area contributed by atoms with E-state index in [1.165, 1.54) is 6.26 Å². The second-order valence-electron chi connectivity index (χ2n) is 3.15. The predicted molar refractivity (Wildman–Crippen MR) is 56.1 cm³/mol. The highest BCUT2D eigenvalue weighted by Gasteiger charge is 2.04. The minimum atomic E-state index is -2.86. The maximum atomic E-state index is 10.9. The Morgan fingerprint density at radius 2 is 2.29 bits per heavy atom. The summed E-state index contributed by atoms with van der Waals surface area (Å²) in [5.74, 6) is 1.33. The van der Waals surface area contributed by atoms with Crippen LogP contribution in [0.25, 0.3) is 0 Å². The molecule has 4 nitrogen and oxygen atoms in total. The second-order valence-corrected chi connectivity index (χ2v) is 5.68. The van der Waals surface area contributed by atoms with Gasteiger partial charge in [-0.2, -0.15) is 0 Å². The number of imidazole rings is 1. The van der Waals surface area contributed by atoms with Crippen LogP contribution in [0.5, 0.6) is 0 Å². The standard InChI is InChI=1S/C8H13ClN2O2S/c1-14(12,13)6-2-4-11-5-3-10-8(11)7-9/h3,5H,2,4,6-7H2,1H3. The number of aromatic nitrogens is 2. The number of sulfone groups is 1. The number of hydrogen-bond donors (Lipinski definition) is 0. The Hall–Kier alpha value is -0.550. The maximum absolute atomic E-state index is 10.9. The molecule has 0 aliphatic carbocycles. The smallest absolute Gasteiger partial charge is 0.147 e. The van der Waals surface area contributed by atoms with Gasteiger partial charge in [0, 0.05) is 25.2 Å². The Morgan fingerprint density at radius 1 is 1.57 bits per heavy atom. The van der Waals surface area contributed by atoms with Crippen molar-refractivity contribution in [3.05, 3.63) is 18.2 Å². The minimum absolute atomic E-state index is 0.201. The van der Waals surface area contributed by atoms with Crippen molar-refractivity contribution in [3.8, 4) is 0 Å². The lowest BCUT2D eigenvalue weighted by Gasteiger charge is -2.04. The first-order chi connectivity index (χ1) is 6.53. The van der Waals surface area contributed by atoms with Crippen molar-refractivity contribution in [3.63, 3.8) is 0 Å². The van der Waals surface area contributed by atoms with E-state index in [4.69, 9.17) is 11.6 Å². The summed E-state index contributed by atoms with van der Waals surface area (Å²) in [6.45, 7) is 0.648. The van der Waals surface area contributed by atoms with Crippen LogP contribution in [0.2, 0.25) is 0 Å². The van der Waals surface area contributed by atoms with Crippen LogP contribution < -0.4 is 0 Å². The zero-order valence-electron chi connectivity index (χ0n) is 7.98. The van der Waals surface area contributed by atoms with Crippen molar-refractivity contribution in [1.29, 1.82) is 0 Å². The van der Waals surface area contributed by atoms with Gasteiger partial charge in [0.15, 0.2) is 0 Å². The summed E-state index contributed by atoms with van der Waals surface area (Å²) in [6.07, 6.45) is 5.31. The molecule has 0 saturated carbocycles. The van der Waals surface area contributed by atoms with Gasteiger partial charge in [0.25, 0.3) is 0 Å². The highest BCUT2D eigenvalue weighted by molar-refractivity contribution is 7.90. The highest BCUT2D eigenvalue weighted by Crippen LogP contribution is 2.03. The molecule has 6 heteroatoms. The van der Waals surface area contributed by atoms with E-state index in [0.717, 1.165) is 5.82 Å². The van der Waals surface area contributed by atoms with Crippen molar-refractivity contribution in [2.75, 3.05) is 12.0 Å². The average molecular weight is 237 g/mol. The molecule has 1 heterocycles. The first-order valence-electron chi connectivity index (χ1n) is 4.26. The van der Waals surface area contributed by atoms with Gasteiger partial charge in [-0.25, -0.2) is 13.4 Å². The lowest BCUT2D eigenvalue weighted by molar-refractivity contribution is 0.589. The molecule has 1 aromatic heterocycles. The summed E-state index contributed by atoms with van der Waals surface area (Å²) in [7, 11) is -2.86. The molecule has 0 bridgehead atoms. The summed E-state index contributed by atoms with van der Waals surface area (Å²) in [6, 6.07) is 0. The molecule has 0 aromatic carbocycles. The molecule has 0 amide bonds. The third-order valence-corrected chi connectivity index (χ3v) is 3.10. The van der Waals surface area contributed by atoms with Gasteiger partial charge in [0.2, 0.25) is 0 Å². The Morgan fingerprint density at radius 3 is 2.86 bits per heavy atom. The van der Waals surface area contributed by atoms with Gasteiger partial charge in [0.05, 0.1) is 11.6 Å². The molecule has 0 radical (unpaired) electrons. The molecule has 0 fully saturated rings. The molecule has 80 valence electrons. The first-order valence-corrected chi connectivity index (χ1v) is 6.86. The van der Waals surface area contributed by atoms with Crippen molar-refractivity contribution < 1.29 is 8.42 Å². The number of hydrogen-bond acceptors (Lipinski definition) is 3. The fourth-order valence-electron chi connectivity index (χ4n) is 1.17. The molecule has 0 unspecified atom stereocenters. The number of nitrogens with zero attached hydrogens (tertiary/aromatic N) is 2. The first kappa shape index (κ1) is 11.5. The van der Waals surface area contributed by atoms with E-state index < -0.39 is 9.84 Å². The summed E-state index contributed by atoms with van der Waals surface area (Å²) >= 11 is 5.64. The lowest BCUT2D eigenvalue weighted by Crippen LogP contribution is -2.08. The Balaban J connectivity index is 2.46. The van der Waals surface area contributed by atoms with E-state index in [2.05, 4.69) is 4.98 Å².